The Balaban J connectivity index is 1.69. The molecule has 4 aromatic rings. The van der Waals surface area contributed by atoms with Gasteiger partial charge in [0.15, 0.2) is 0 Å². The van der Waals surface area contributed by atoms with Crippen LogP contribution in [-0.2, 0) is 0 Å². The minimum absolute atomic E-state index is 0.704. The summed E-state index contributed by atoms with van der Waals surface area (Å²) >= 11 is 1.62. The lowest BCUT2D eigenvalue weighted by Crippen LogP contribution is -1.79. The highest BCUT2D eigenvalue weighted by Crippen LogP contribution is 2.38. The predicted octanol–water partition coefficient (Wildman–Crippen LogP) is 5.92. The number of hydrogen-bond donors (Lipinski definition) is 1. The highest BCUT2D eigenvalue weighted by atomic mass is 32.1. The minimum Gasteiger partial charge on any atom is -0.275 e. The van der Waals surface area contributed by atoms with E-state index in [0.717, 1.165) is 32.5 Å². The summed E-state index contributed by atoms with van der Waals surface area (Å²) in [7, 11) is 0. The number of nitrogens with zero attached hydrogens (tertiary/aromatic N) is 4. The number of aryl methyl sites for hydroxylation is 1. The topological polar surface area (TPSA) is 66.3 Å². The molecule has 122 valence electrons. The summed E-state index contributed by atoms with van der Waals surface area (Å²) in [5, 5.41) is 16.8. The molecular weight excluding hydrogens is 330 g/mol. The van der Waals surface area contributed by atoms with Gasteiger partial charge in [0.2, 0.25) is 0 Å². The molecule has 2 heterocycles. The molecule has 0 aliphatic rings. The Morgan fingerprint density at radius 3 is 2.40 bits per heavy atom. The van der Waals surface area contributed by atoms with E-state index in [9.17, 15) is 0 Å². The molecule has 4 rings (SSSR count). The van der Waals surface area contributed by atoms with E-state index < -0.39 is 0 Å². The van der Waals surface area contributed by atoms with Crippen LogP contribution in [0, 0.1) is 6.92 Å². The van der Waals surface area contributed by atoms with Crippen LogP contribution in [0.4, 0.5) is 11.4 Å². The van der Waals surface area contributed by atoms with Crippen molar-refractivity contribution in [2.24, 2.45) is 10.2 Å². The molecule has 0 atom stereocenters. The fourth-order valence-electron chi connectivity index (χ4n) is 2.46. The van der Waals surface area contributed by atoms with E-state index in [1.807, 2.05) is 55.5 Å². The van der Waals surface area contributed by atoms with Crippen LogP contribution in [0.5, 0.6) is 0 Å². The molecule has 2 aromatic carbocycles. The Morgan fingerprint density at radius 1 is 0.920 bits per heavy atom. The minimum atomic E-state index is 0.704. The molecule has 25 heavy (non-hydrogen) atoms. The maximum absolute atomic E-state index is 4.69. The van der Waals surface area contributed by atoms with Crippen molar-refractivity contribution in [3.8, 4) is 21.1 Å². The number of benzene rings is 2. The van der Waals surface area contributed by atoms with E-state index in [0.29, 0.717) is 5.69 Å². The van der Waals surface area contributed by atoms with Crippen molar-refractivity contribution >= 4 is 22.7 Å². The molecule has 0 saturated heterocycles. The lowest BCUT2D eigenvalue weighted by Gasteiger charge is -1.96. The number of azo groups is 1. The number of aromatic amines is 1. The van der Waals surface area contributed by atoms with Gasteiger partial charge >= 0.3 is 0 Å². The lowest BCUT2D eigenvalue weighted by atomic mass is 10.2. The molecule has 0 radical (unpaired) electrons. The number of nitrogens with one attached hydrogen (secondary N) is 1. The van der Waals surface area contributed by atoms with Gasteiger partial charge in [-0.3, -0.25) is 5.10 Å². The quantitative estimate of drug-likeness (QED) is 0.466. The molecule has 0 unspecified atom stereocenters. The first-order valence-corrected chi connectivity index (χ1v) is 8.66. The van der Waals surface area contributed by atoms with Crippen molar-refractivity contribution in [3.63, 3.8) is 0 Å². The van der Waals surface area contributed by atoms with Gasteiger partial charge < -0.3 is 0 Å². The highest BCUT2D eigenvalue weighted by Gasteiger charge is 2.16. The molecule has 1 N–H and O–H groups in total. The Labute approximate surface area is 149 Å². The van der Waals surface area contributed by atoms with E-state index in [1.54, 1.807) is 17.5 Å². The molecule has 0 bridgehead atoms. The van der Waals surface area contributed by atoms with E-state index >= 15 is 0 Å². The van der Waals surface area contributed by atoms with Gasteiger partial charge in [-0.1, -0.05) is 48.5 Å². The van der Waals surface area contributed by atoms with Crippen LogP contribution in [0.3, 0.4) is 0 Å². The molecule has 0 spiro atoms. The predicted molar refractivity (Wildman–Crippen MR) is 100 cm³/mol. The number of rotatable bonds is 4. The Morgan fingerprint density at radius 2 is 1.64 bits per heavy atom. The highest BCUT2D eigenvalue weighted by molar-refractivity contribution is 7.18. The summed E-state index contributed by atoms with van der Waals surface area (Å²) in [6, 6.07) is 19.8. The Hall–Kier alpha value is -3.12. The molecule has 0 fully saturated rings. The molecule has 0 aliphatic heterocycles. The summed E-state index contributed by atoms with van der Waals surface area (Å²) in [5.41, 5.74) is 4.41. The van der Waals surface area contributed by atoms with Crippen LogP contribution in [0.25, 0.3) is 21.1 Å². The van der Waals surface area contributed by atoms with Gasteiger partial charge in [0, 0.05) is 5.56 Å². The molecule has 0 saturated carbocycles. The van der Waals surface area contributed by atoms with Gasteiger partial charge in [0.25, 0.3) is 0 Å². The average molecular weight is 345 g/mol. The maximum atomic E-state index is 4.69. The molecule has 2 aromatic heterocycles. The van der Waals surface area contributed by atoms with Crippen LogP contribution < -0.4 is 0 Å². The zero-order chi connectivity index (χ0) is 17.1. The molecule has 6 heteroatoms. The Bertz CT molecular complexity index is 1000. The van der Waals surface area contributed by atoms with Crippen molar-refractivity contribution < 1.29 is 0 Å². The normalized spacial score (nSPS) is 11.2. The first-order chi connectivity index (χ1) is 12.3. The van der Waals surface area contributed by atoms with Crippen molar-refractivity contribution in [3.05, 3.63) is 72.6 Å². The zero-order valence-electron chi connectivity index (χ0n) is 13.5. The third-order valence-electron chi connectivity index (χ3n) is 3.69. The number of aromatic nitrogens is 3. The van der Waals surface area contributed by atoms with Gasteiger partial charge in [-0.2, -0.15) is 10.2 Å². The first-order valence-electron chi connectivity index (χ1n) is 7.84. The van der Waals surface area contributed by atoms with Crippen LogP contribution in [0.1, 0.15) is 5.69 Å². The summed E-state index contributed by atoms with van der Waals surface area (Å²) in [5.74, 6) is 0. The first kappa shape index (κ1) is 15.4. The number of hydrogen-bond acceptors (Lipinski definition) is 5. The molecule has 0 aliphatic carbocycles. The maximum Gasteiger partial charge on any atom is 0.132 e. The summed E-state index contributed by atoms with van der Waals surface area (Å²) in [6.07, 6.45) is 1.68. The fraction of sp³-hybridized carbons (Fsp3) is 0.0526. The van der Waals surface area contributed by atoms with E-state index in [-0.39, 0.29) is 0 Å². The van der Waals surface area contributed by atoms with Crippen molar-refractivity contribution in [2.45, 2.75) is 6.92 Å². The number of H-pyrrole nitrogens is 1. The molecule has 5 nitrogen and oxygen atoms in total. The monoisotopic (exact) mass is 345 g/mol. The van der Waals surface area contributed by atoms with Crippen molar-refractivity contribution in [2.75, 3.05) is 0 Å². The summed E-state index contributed by atoms with van der Waals surface area (Å²) in [4.78, 5) is 5.72. The summed E-state index contributed by atoms with van der Waals surface area (Å²) in [6.45, 7) is 2.00. The third-order valence-corrected chi connectivity index (χ3v) is 4.92. The van der Waals surface area contributed by atoms with Crippen molar-refractivity contribution in [1.29, 1.82) is 0 Å². The summed E-state index contributed by atoms with van der Waals surface area (Å²) < 4.78 is 0. The lowest BCUT2D eigenvalue weighted by molar-refractivity contribution is 1.09. The number of thiazole rings is 1. The second-order valence-corrected chi connectivity index (χ2v) is 6.46. The SMILES string of the molecule is Cc1nc(-c2ccccc2)sc1-c1[nH]ncc1N=Nc1ccccc1. The zero-order valence-corrected chi connectivity index (χ0v) is 14.4. The fourth-order valence-corrected chi connectivity index (χ4v) is 3.54. The van der Waals surface area contributed by atoms with E-state index in [2.05, 4.69) is 32.6 Å². The smallest absolute Gasteiger partial charge is 0.132 e. The van der Waals surface area contributed by atoms with E-state index in [1.165, 1.54) is 0 Å². The standard InChI is InChI=1S/C19H15N5S/c1-13-18(25-19(21-13)14-8-4-2-5-9-14)17-16(12-20-24-17)23-22-15-10-6-3-7-11-15/h2-12H,1H3,(H,20,24). The van der Waals surface area contributed by atoms with Gasteiger partial charge in [-0.05, 0) is 19.1 Å². The van der Waals surface area contributed by atoms with Crippen LogP contribution in [0.15, 0.2) is 77.1 Å². The van der Waals surface area contributed by atoms with Crippen LogP contribution >= 0.6 is 11.3 Å². The van der Waals surface area contributed by atoms with E-state index in [4.69, 9.17) is 4.98 Å². The largest absolute Gasteiger partial charge is 0.275 e. The van der Waals surface area contributed by atoms with Gasteiger partial charge in [-0.25, -0.2) is 4.98 Å². The second-order valence-electron chi connectivity index (χ2n) is 5.47. The molecule has 0 amide bonds. The van der Waals surface area contributed by atoms with Crippen LogP contribution in [-0.4, -0.2) is 15.2 Å². The van der Waals surface area contributed by atoms with Crippen LogP contribution in [0.2, 0.25) is 0 Å². The van der Waals surface area contributed by atoms with Gasteiger partial charge in [0.1, 0.15) is 16.4 Å². The second kappa shape index (κ2) is 6.78. The van der Waals surface area contributed by atoms with Crippen molar-refractivity contribution in [1.82, 2.24) is 15.2 Å². The molecular formula is C19H15N5S. The van der Waals surface area contributed by atoms with Gasteiger partial charge in [0.05, 0.1) is 22.5 Å². The average Bonchev–Trinajstić information content (AvgIpc) is 3.27. The van der Waals surface area contributed by atoms with Gasteiger partial charge in [-0.15, -0.1) is 16.5 Å². The Kier molecular flexibility index (Phi) is 4.18. The third kappa shape index (κ3) is 3.25.